The highest BCUT2D eigenvalue weighted by molar-refractivity contribution is 6.35. The summed E-state index contributed by atoms with van der Waals surface area (Å²) in [6.07, 6.45) is 2.89. The second-order valence-electron chi connectivity index (χ2n) is 5.25. The number of hydrogen-bond donors (Lipinski definition) is 0. The molecule has 0 saturated carbocycles. The monoisotopic (exact) mass is 352 g/mol. The van der Waals surface area contributed by atoms with Gasteiger partial charge in [-0.2, -0.15) is 0 Å². The lowest BCUT2D eigenvalue weighted by molar-refractivity contribution is 0.0535. The lowest BCUT2D eigenvalue weighted by atomic mass is 10.1. The number of piperazine rings is 1. The Kier molecular flexibility index (Phi) is 4.59. The van der Waals surface area contributed by atoms with Gasteiger partial charge in [-0.05, 0) is 24.3 Å². The van der Waals surface area contributed by atoms with Crippen LogP contribution in [-0.4, -0.2) is 47.8 Å². The van der Waals surface area contributed by atoms with E-state index in [1.807, 2.05) is 0 Å². The van der Waals surface area contributed by atoms with Gasteiger partial charge in [0.05, 0.1) is 11.8 Å². The predicted octanol–water partition coefficient (Wildman–Crippen LogP) is 3.18. The van der Waals surface area contributed by atoms with E-state index in [4.69, 9.17) is 27.6 Å². The van der Waals surface area contributed by atoms with Crippen molar-refractivity contribution in [2.75, 3.05) is 26.2 Å². The SMILES string of the molecule is O=C(c1ccoc1)N1CCN(C(=O)c2cc(Cl)cc(Cl)c2)CC1. The van der Waals surface area contributed by atoms with Gasteiger partial charge in [0, 0.05) is 41.8 Å². The van der Waals surface area contributed by atoms with Gasteiger partial charge >= 0.3 is 0 Å². The molecular weight excluding hydrogens is 339 g/mol. The zero-order valence-corrected chi connectivity index (χ0v) is 13.7. The zero-order valence-electron chi connectivity index (χ0n) is 12.2. The number of benzene rings is 1. The highest BCUT2D eigenvalue weighted by Crippen LogP contribution is 2.21. The molecule has 7 heteroatoms. The van der Waals surface area contributed by atoms with Crippen LogP contribution in [0.1, 0.15) is 20.7 Å². The van der Waals surface area contributed by atoms with Crippen LogP contribution in [0.4, 0.5) is 0 Å². The van der Waals surface area contributed by atoms with E-state index in [0.717, 1.165) is 0 Å². The number of nitrogens with zero attached hydrogens (tertiary/aromatic N) is 2. The third-order valence-electron chi connectivity index (χ3n) is 3.73. The standard InChI is InChI=1S/C16H14Cl2N2O3/c17-13-7-12(8-14(18)9-13)16(22)20-4-2-19(3-5-20)15(21)11-1-6-23-10-11/h1,6-10H,2-5H2. The van der Waals surface area contributed by atoms with Gasteiger partial charge in [-0.25, -0.2) is 0 Å². The maximum Gasteiger partial charge on any atom is 0.257 e. The van der Waals surface area contributed by atoms with Crippen molar-refractivity contribution in [2.45, 2.75) is 0 Å². The summed E-state index contributed by atoms with van der Waals surface area (Å²) >= 11 is 11.9. The molecule has 1 aliphatic rings. The van der Waals surface area contributed by atoms with Crippen LogP contribution < -0.4 is 0 Å². The molecule has 1 saturated heterocycles. The first-order valence-electron chi connectivity index (χ1n) is 7.11. The first-order chi connectivity index (χ1) is 11.0. The first kappa shape index (κ1) is 15.9. The Hall–Kier alpha value is -1.98. The van der Waals surface area contributed by atoms with Crippen molar-refractivity contribution in [2.24, 2.45) is 0 Å². The van der Waals surface area contributed by atoms with Crippen molar-refractivity contribution in [3.05, 3.63) is 58.0 Å². The van der Waals surface area contributed by atoms with Gasteiger partial charge in [0.25, 0.3) is 11.8 Å². The molecule has 1 aliphatic heterocycles. The molecule has 0 radical (unpaired) electrons. The van der Waals surface area contributed by atoms with Crippen LogP contribution in [0.3, 0.4) is 0 Å². The number of carbonyl (C=O) groups is 2. The Labute approximate surface area is 143 Å². The quantitative estimate of drug-likeness (QED) is 0.833. The Morgan fingerprint density at radius 2 is 1.39 bits per heavy atom. The fourth-order valence-electron chi connectivity index (χ4n) is 2.54. The van der Waals surface area contributed by atoms with E-state index in [1.165, 1.54) is 12.5 Å². The second-order valence-corrected chi connectivity index (χ2v) is 6.13. The summed E-state index contributed by atoms with van der Waals surface area (Å²) < 4.78 is 4.93. The molecule has 0 unspecified atom stereocenters. The third-order valence-corrected chi connectivity index (χ3v) is 4.17. The molecule has 1 aromatic carbocycles. The van der Waals surface area contributed by atoms with Crippen molar-refractivity contribution >= 4 is 35.0 Å². The van der Waals surface area contributed by atoms with Gasteiger partial charge in [-0.3, -0.25) is 9.59 Å². The van der Waals surface area contributed by atoms with Crippen LogP contribution >= 0.6 is 23.2 Å². The third kappa shape index (κ3) is 3.51. The molecule has 2 heterocycles. The molecule has 0 spiro atoms. The highest BCUT2D eigenvalue weighted by Gasteiger charge is 2.26. The van der Waals surface area contributed by atoms with Crippen molar-refractivity contribution in [1.82, 2.24) is 9.80 Å². The highest BCUT2D eigenvalue weighted by atomic mass is 35.5. The van der Waals surface area contributed by atoms with Crippen LogP contribution in [0, 0.1) is 0 Å². The molecule has 0 bridgehead atoms. The maximum absolute atomic E-state index is 12.5. The number of amides is 2. The lowest BCUT2D eigenvalue weighted by Crippen LogP contribution is -2.50. The van der Waals surface area contributed by atoms with Gasteiger partial charge in [0.2, 0.25) is 0 Å². The van der Waals surface area contributed by atoms with E-state index in [0.29, 0.717) is 47.4 Å². The fourth-order valence-corrected chi connectivity index (χ4v) is 3.07. The van der Waals surface area contributed by atoms with Crippen LogP contribution in [0.5, 0.6) is 0 Å². The summed E-state index contributed by atoms with van der Waals surface area (Å²) in [5, 5.41) is 0.851. The molecule has 0 aliphatic carbocycles. The van der Waals surface area contributed by atoms with Crippen molar-refractivity contribution in [1.29, 1.82) is 0 Å². The van der Waals surface area contributed by atoms with Crippen LogP contribution in [0.15, 0.2) is 41.2 Å². The average molecular weight is 353 g/mol. The molecule has 5 nitrogen and oxygen atoms in total. The summed E-state index contributed by atoms with van der Waals surface area (Å²) in [6, 6.07) is 6.41. The predicted molar refractivity (Wildman–Crippen MR) is 87.0 cm³/mol. The van der Waals surface area contributed by atoms with Gasteiger partial charge in [0.1, 0.15) is 6.26 Å². The first-order valence-corrected chi connectivity index (χ1v) is 7.87. The van der Waals surface area contributed by atoms with Crippen LogP contribution in [0.2, 0.25) is 10.0 Å². The van der Waals surface area contributed by atoms with E-state index in [1.54, 1.807) is 34.1 Å². The Morgan fingerprint density at radius 3 is 1.87 bits per heavy atom. The van der Waals surface area contributed by atoms with Gasteiger partial charge in [0.15, 0.2) is 0 Å². The van der Waals surface area contributed by atoms with Crippen molar-refractivity contribution in [3.8, 4) is 0 Å². The summed E-state index contributed by atoms with van der Waals surface area (Å²) in [7, 11) is 0. The largest absolute Gasteiger partial charge is 0.472 e. The molecule has 23 heavy (non-hydrogen) atoms. The van der Waals surface area contributed by atoms with E-state index < -0.39 is 0 Å². The minimum Gasteiger partial charge on any atom is -0.472 e. The summed E-state index contributed by atoms with van der Waals surface area (Å²) in [4.78, 5) is 28.1. The minimum absolute atomic E-state index is 0.0864. The van der Waals surface area contributed by atoms with Gasteiger partial charge < -0.3 is 14.2 Å². The normalized spacial score (nSPS) is 14.9. The van der Waals surface area contributed by atoms with E-state index in [-0.39, 0.29) is 11.8 Å². The van der Waals surface area contributed by atoms with Crippen molar-refractivity contribution < 1.29 is 14.0 Å². The molecule has 3 rings (SSSR count). The number of halogens is 2. The van der Waals surface area contributed by atoms with Gasteiger partial charge in [-0.1, -0.05) is 23.2 Å². The maximum atomic E-state index is 12.5. The molecular formula is C16H14Cl2N2O3. The topological polar surface area (TPSA) is 53.8 Å². The van der Waals surface area contributed by atoms with E-state index >= 15 is 0 Å². The van der Waals surface area contributed by atoms with E-state index in [2.05, 4.69) is 0 Å². The second kappa shape index (κ2) is 6.64. The minimum atomic E-state index is -0.134. The van der Waals surface area contributed by atoms with Gasteiger partial charge in [-0.15, -0.1) is 0 Å². The fraction of sp³-hybridized carbons (Fsp3) is 0.250. The molecule has 2 aromatic rings. The van der Waals surface area contributed by atoms with Crippen LogP contribution in [-0.2, 0) is 0 Å². The molecule has 1 aromatic heterocycles. The smallest absolute Gasteiger partial charge is 0.257 e. The Balaban J connectivity index is 1.64. The lowest BCUT2D eigenvalue weighted by Gasteiger charge is -2.34. The number of furan rings is 1. The Bertz CT molecular complexity index is 703. The number of hydrogen-bond acceptors (Lipinski definition) is 3. The molecule has 0 atom stereocenters. The zero-order chi connectivity index (χ0) is 16.4. The number of rotatable bonds is 2. The average Bonchev–Trinajstić information content (AvgIpc) is 3.07. The summed E-state index contributed by atoms with van der Waals surface area (Å²) in [6.45, 7) is 1.88. The molecule has 2 amide bonds. The molecule has 0 N–H and O–H groups in total. The van der Waals surface area contributed by atoms with Crippen molar-refractivity contribution in [3.63, 3.8) is 0 Å². The van der Waals surface area contributed by atoms with E-state index in [9.17, 15) is 9.59 Å². The molecule has 120 valence electrons. The summed E-state index contributed by atoms with van der Waals surface area (Å²) in [5.74, 6) is -0.221. The Morgan fingerprint density at radius 1 is 0.870 bits per heavy atom. The number of carbonyl (C=O) groups excluding carboxylic acids is 2. The van der Waals surface area contributed by atoms with Crippen LogP contribution in [0.25, 0.3) is 0 Å². The summed E-state index contributed by atoms with van der Waals surface area (Å²) in [5.41, 5.74) is 0.975. The molecule has 1 fully saturated rings.